The van der Waals surface area contributed by atoms with Crippen LogP contribution in [0.1, 0.15) is 92.7 Å². The van der Waals surface area contributed by atoms with E-state index in [-0.39, 0.29) is 24.8 Å². The Bertz CT molecular complexity index is 1950. The molecule has 1 aromatic heterocycles. The molecule has 1 aromatic rings. The van der Waals surface area contributed by atoms with E-state index in [0.717, 1.165) is 0 Å². The number of esters is 4. The van der Waals surface area contributed by atoms with Crippen LogP contribution in [0, 0.1) is 22.2 Å². The first-order chi connectivity index (χ1) is 26.5. The number of methoxy groups -OCH3 is 3. The van der Waals surface area contributed by atoms with E-state index in [1.165, 1.54) is 54.6 Å². The number of hydrogen-bond acceptors (Lipinski definition) is 17. The van der Waals surface area contributed by atoms with Crippen LogP contribution in [0.5, 0.6) is 0 Å². The predicted molar refractivity (Wildman–Crippen MR) is 188 cm³/mol. The molecule has 0 aromatic carbocycles. The third kappa shape index (κ3) is 4.17. The summed E-state index contributed by atoms with van der Waals surface area (Å²) in [6.07, 6.45) is -3.09. The molecule has 7 fully saturated rings. The summed E-state index contributed by atoms with van der Waals surface area (Å²) < 4.78 is 69.8. The van der Waals surface area contributed by atoms with E-state index in [9.17, 15) is 29.4 Å². The zero-order valence-corrected chi connectivity index (χ0v) is 34.0. The Balaban J connectivity index is 1.53. The molecule has 314 valence electrons. The lowest BCUT2D eigenvalue weighted by atomic mass is 9.32. The summed E-state index contributed by atoms with van der Waals surface area (Å²) in [7, 11) is 3.76. The van der Waals surface area contributed by atoms with Crippen LogP contribution in [-0.4, -0.2) is 114 Å². The lowest BCUT2D eigenvalue weighted by Gasteiger charge is -2.78. The number of rotatable bonds is 10. The van der Waals surface area contributed by atoms with E-state index >= 15 is 0 Å². The summed E-state index contributed by atoms with van der Waals surface area (Å²) >= 11 is 0. The number of aliphatic hydroxyl groups is 2. The zero-order chi connectivity index (χ0) is 41.8. The highest BCUT2D eigenvalue weighted by atomic mass is 17.0. The van der Waals surface area contributed by atoms with Crippen LogP contribution in [0.4, 0.5) is 0 Å². The van der Waals surface area contributed by atoms with Crippen molar-refractivity contribution < 1.29 is 81.2 Å². The molecular formula is C40H52O17. The molecule has 3 saturated heterocycles. The summed E-state index contributed by atoms with van der Waals surface area (Å²) in [5.41, 5.74) is -15.0. The standard InChI is InChI=1S/C40H52O17/c1-12-20(2)28(45)52-29-31(4)19-36(46)33(6,23(31)15-25(43)47-9)39-24(42)16-32(5,27(51-21(3)41)22-13-14-50-18-22)37(17-26(44)48-10)40(39,57-35(8,54-37)56-39)30-38(29,36)55-34(7,49-11)53-30/h12-14,18,23-24,27,29-30,42,46H,15-17,19H2,1-11H3/b20-12+/t23-,24+,27-,29-,30+,31-,32-,33+,34+,35?,36+,37-,38-,39-,40-/m0/s1. The zero-order valence-electron chi connectivity index (χ0n) is 34.0. The predicted octanol–water partition coefficient (Wildman–Crippen LogP) is 2.89. The van der Waals surface area contributed by atoms with Gasteiger partial charge in [0, 0.05) is 61.7 Å². The van der Waals surface area contributed by atoms with Crippen molar-refractivity contribution in [2.75, 3.05) is 21.3 Å². The highest BCUT2D eigenvalue weighted by Gasteiger charge is 3.07. The van der Waals surface area contributed by atoms with E-state index in [4.69, 9.17) is 51.8 Å². The van der Waals surface area contributed by atoms with E-state index in [1.54, 1.807) is 46.8 Å². The van der Waals surface area contributed by atoms with Crippen LogP contribution in [-0.2, 0) is 66.5 Å². The van der Waals surface area contributed by atoms with Gasteiger partial charge in [-0.25, -0.2) is 4.79 Å². The molecule has 15 atom stereocenters. The van der Waals surface area contributed by atoms with Gasteiger partial charge in [0.2, 0.25) is 0 Å². The maximum atomic E-state index is 14.1. The molecule has 4 saturated carbocycles. The fourth-order valence-corrected chi connectivity index (χ4v) is 13.3. The number of furan rings is 1. The van der Waals surface area contributed by atoms with Crippen molar-refractivity contribution in [1.29, 1.82) is 0 Å². The van der Waals surface area contributed by atoms with Crippen molar-refractivity contribution in [2.45, 2.75) is 145 Å². The van der Waals surface area contributed by atoms with Gasteiger partial charge in [0.25, 0.3) is 11.9 Å². The Kier molecular flexibility index (Phi) is 8.40. The monoisotopic (exact) mass is 804 g/mol. The third-order valence-electron chi connectivity index (χ3n) is 15.3. The highest BCUT2D eigenvalue weighted by molar-refractivity contribution is 5.88. The SMILES string of the molecule is C/C=C(\C)C(=O)O[C@H]1[C@@]2(C)C[C@]3(O)[C@]14O[C@](C)(OC)O[C@H]4[C@]14OC5(C)O[C@@]1(CC(=O)OC)[C@](C)([C@@H](OC(C)=O)c1ccoc1)C[C@@H](O)[C@]4(O5)[C@]3(C)[C@H]2CC(=O)OC. The van der Waals surface area contributed by atoms with Crippen molar-refractivity contribution in [1.82, 2.24) is 0 Å². The fraction of sp³-hybridized carbons (Fsp3) is 0.750. The molecule has 4 bridgehead atoms. The van der Waals surface area contributed by atoms with Crippen LogP contribution in [0.3, 0.4) is 0 Å². The number of carbonyl (C=O) groups is 4. The van der Waals surface area contributed by atoms with Crippen LogP contribution in [0.25, 0.3) is 0 Å². The lowest BCUT2D eigenvalue weighted by Crippen LogP contribution is -2.97. The van der Waals surface area contributed by atoms with Gasteiger partial charge < -0.3 is 62.0 Å². The molecule has 4 aliphatic carbocycles. The molecule has 57 heavy (non-hydrogen) atoms. The summed E-state index contributed by atoms with van der Waals surface area (Å²) in [4.78, 5) is 54.8. The molecule has 17 heteroatoms. The number of hydrogen-bond donors (Lipinski definition) is 2. The van der Waals surface area contributed by atoms with Crippen LogP contribution < -0.4 is 0 Å². The van der Waals surface area contributed by atoms with Gasteiger partial charge in [0.05, 0.1) is 39.3 Å². The molecule has 1 unspecified atom stereocenters. The van der Waals surface area contributed by atoms with Gasteiger partial charge in [-0.05, 0) is 38.7 Å². The summed E-state index contributed by atoms with van der Waals surface area (Å²) in [5, 5.41) is 27.3. The molecular weight excluding hydrogens is 752 g/mol. The van der Waals surface area contributed by atoms with Gasteiger partial charge in [-0.3, -0.25) is 14.4 Å². The lowest BCUT2D eigenvalue weighted by molar-refractivity contribution is -0.468. The first kappa shape index (κ1) is 40.4. The molecule has 7 aliphatic rings. The largest absolute Gasteiger partial charge is 0.472 e. The molecule has 3 aliphatic heterocycles. The van der Waals surface area contributed by atoms with Gasteiger partial charge >= 0.3 is 23.9 Å². The Morgan fingerprint density at radius 3 is 2.21 bits per heavy atom. The topological polar surface area (TPSA) is 214 Å². The molecule has 8 rings (SSSR count). The Hall–Kier alpha value is -3.42. The van der Waals surface area contributed by atoms with Gasteiger partial charge in [-0.15, -0.1) is 0 Å². The fourth-order valence-electron chi connectivity index (χ4n) is 13.3. The Morgan fingerprint density at radius 1 is 0.965 bits per heavy atom. The van der Waals surface area contributed by atoms with E-state index in [0.29, 0.717) is 5.56 Å². The van der Waals surface area contributed by atoms with Crippen molar-refractivity contribution >= 4 is 23.9 Å². The average Bonchev–Trinajstić information content (AvgIpc) is 3.97. The first-order valence-corrected chi connectivity index (χ1v) is 19.1. The van der Waals surface area contributed by atoms with E-state index in [1.807, 2.05) is 0 Å². The number of ether oxygens (including phenoxy) is 10. The summed E-state index contributed by atoms with van der Waals surface area (Å²) in [6.45, 7) is 12.6. The van der Waals surface area contributed by atoms with E-state index in [2.05, 4.69) is 0 Å². The van der Waals surface area contributed by atoms with Crippen molar-refractivity contribution in [3.63, 3.8) is 0 Å². The number of fused-ring (bicyclic) bond motifs is 2. The van der Waals surface area contributed by atoms with Crippen molar-refractivity contribution in [2.24, 2.45) is 22.2 Å². The van der Waals surface area contributed by atoms with Crippen molar-refractivity contribution in [3.8, 4) is 0 Å². The maximum absolute atomic E-state index is 14.1. The molecule has 0 amide bonds. The van der Waals surface area contributed by atoms with Gasteiger partial charge in [0.15, 0.2) is 11.2 Å². The normalized spacial score (nSPS) is 50.2. The van der Waals surface area contributed by atoms with Crippen LogP contribution in [0.2, 0.25) is 0 Å². The van der Waals surface area contributed by atoms with Crippen LogP contribution in [0.15, 0.2) is 34.7 Å². The molecule has 0 radical (unpaired) electrons. The quantitative estimate of drug-likeness (QED) is 0.198. The number of carbonyl (C=O) groups excluding carboxylic acids is 4. The molecule has 4 heterocycles. The van der Waals surface area contributed by atoms with Gasteiger partial charge in [0.1, 0.15) is 35.1 Å². The average molecular weight is 805 g/mol. The first-order valence-electron chi connectivity index (χ1n) is 19.1. The second-order valence-corrected chi connectivity index (χ2v) is 17.7. The minimum Gasteiger partial charge on any atom is -0.472 e. The van der Waals surface area contributed by atoms with Crippen LogP contribution >= 0.6 is 0 Å². The molecule has 2 N–H and O–H groups in total. The number of allylic oxidation sites excluding steroid dienone is 1. The molecule has 17 nitrogen and oxygen atoms in total. The van der Waals surface area contributed by atoms with Gasteiger partial charge in [-0.1, -0.05) is 26.8 Å². The maximum Gasteiger partial charge on any atom is 0.333 e. The highest BCUT2D eigenvalue weighted by Crippen LogP contribution is 2.90. The Morgan fingerprint density at radius 2 is 1.63 bits per heavy atom. The minimum atomic E-state index is -2.27. The second-order valence-electron chi connectivity index (χ2n) is 17.7. The minimum absolute atomic E-state index is 0.150. The van der Waals surface area contributed by atoms with E-state index < -0.39 is 117 Å². The summed E-state index contributed by atoms with van der Waals surface area (Å²) in [5.74, 6) is -8.01. The summed E-state index contributed by atoms with van der Waals surface area (Å²) in [6, 6.07) is 1.59. The number of aliphatic hydroxyl groups excluding tert-OH is 1. The van der Waals surface area contributed by atoms with Gasteiger partial charge in [-0.2, -0.15) is 0 Å². The molecule has 2 spiro atoms. The third-order valence-corrected chi connectivity index (χ3v) is 15.3. The second kappa shape index (κ2) is 11.9. The smallest absolute Gasteiger partial charge is 0.333 e. The Labute approximate surface area is 329 Å². The van der Waals surface area contributed by atoms with Crippen molar-refractivity contribution in [3.05, 3.63) is 35.8 Å².